The first kappa shape index (κ1) is 14.6. The summed E-state index contributed by atoms with van der Waals surface area (Å²) in [4.78, 5) is 4.64. The summed E-state index contributed by atoms with van der Waals surface area (Å²) in [6.07, 6.45) is 1.98. The summed E-state index contributed by atoms with van der Waals surface area (Å²) in [6.45, 7) is 6.97. The van der Waals surface area contributed by atoms with Gasteiger partial charge in [-0.25, -0.2) is 0 Å². The van der Waals surface area contributed by atoms with Gasteiger partial charge in [-0.15, -0.1) is 0 Å². The quantitative estimate of drug-likeness (QED) is 0.535. The summed E-state index contributed by atoms with van der Waals surface area (Å²) in [7, 11) is 0. The van der Waals surface area contributed by atoms with Crippen LogP contribution in [0.3, 0.4) is 0 Å². The highest BCUT2D eigenvalue weighted by molar-refractivity contribution is 8.01. The Morgan fingerprint density at radius 2 is 1.78 bits per heavy atom. The molecule has 0 radical (unpaired) electrons. The fourth-order valence-corrected chi connectivity index (χ4v) is 4.33. The van der Waals surface area contributed by atoms with Crippen molar-refractivity contribution >= 4 is 34.2 Å². The summed E-state index contributed by atoms with van der Waals surface area (Å²) < 4.78 is 2.34. The second kappa shape index (κ2) is 5.27. The van der Waals surface area contributed by atoms with E-state index in [1.807, 2.05) is 24.2 Å². The van der Waals surface area contributed by atoms with Gasteiger partial charge in [-0.2, -0.15) is 0 Å². The molecular weight excluding hydrogens is 300 g/mol. The van der Waals surface area contributed by atoms with Gasteiger partial charge in [0.2, 0.25) is 0 Å². The molecule has 2 nitrogen and oxygen atoms in total. The van der Waals surface area contributed by atoms with E-state index < -0.39 is 0 Å². The molecule has 0 spiro atoms. The molecule has 1 atom stereocenters. The van der Waals surface area contributed by atoms with Gasteiger partial charge in [-0.3, -0.25) is 9.29 Å². The van der Waals surface area contributed by atoms with Crippen LogP contribution < -0.4 is 4.31 Å². The van der Waals surface area contributed by atoms with Crippen LogP contribution >= 0.6 is 11.9 Å². The normalized spacial score (nSPS) is 19.6. The Hall–Kier alpha value is -2.00. The first-order chi connectivity index (χ1) is 11.1. The van der Waals surface area contributed by atoms with E-state index in [9.17, 15) is 0 Å². The highest BCUT2D eigenvalue weighted by Gasteiger charge is 2.38. The molecule has 0 N–H and O–H groups in total. The van der Waals surface area contributed by atoms with Crippen LogP contribution in [0.5, 0.6) is 0 Å². The zero-order chi connectivity index (χ0) is 16.0. The molecule has 1 aliphatic heterocycles. The van der Waals surface area contributed by atoms with Crippen molar-refractivity contribution in [2.45, 2.75) is 31.4 Å². The summed E-state index contributed by atoms with van der Waals surface area (Å²) in [5.74, 6) is 0. The number of rotatable bonds is 1. The monoisotopic (exact) mass is 320 g/mol. The Bertz CT molecular complexity index is 872. The fraction of sp³-hybridized carbons (Fsp3) is 0.250. The van der Waals surface area contributed by atoms with Gasteiger partial charge in [-0.05, 0) is 35.7 Å². The lowest BCUT2D eigenvalue weighted by Crippen LogP contribution is -2.37. The molecule has 1 aliphatic rings. The molecule has 4 rings (SSSR count). The molecule has 2 heterocycles. The number of pyridine rings is 1. The first-order valence-electron chi connectivity index (χ1n) is 7.98. The second-order valence-corrected chi connectivity index (χ2v) is 7.95. The molecule has 0 aliphatic carbocycles. The van der Waals surface area contributed by atoms with Gasteiger partial charge < -0.3 is 0 Å². The molecule has 0 amide bonds. The average molecular weight is 320 g/mol. The molecule has 0 fully saturated rings. The van der Waals surface area contributed by atoms with Gasteiger partial charge in [0.05, 0.1) is 23.1 Å². The zero-order valence-corrected chi connectivity index (χ0v) is 14.5. The maximum Gasteiger partial charge on any atom is 0.0715 e. The Kier molecular flexibility index (Phi) is 3.34. The molecule has 3 aromatic rings. The van der Waals surface area contributed by atoms with E-state index in [0.29, 0.717) is 5.25 Å². The average Bonchev–Trinajstić information content (AvgIpc) is 2.58. The van der Waals surface area contributed by atoms with Crippen LogP contribution in [0, 0.1) is 0 Å². The molecule has 3 heteroatoms. The van der Waals surface area contributed by atoms with E-state index in [0.717, 1.165) is 11.2 Å². The third-order valence-corrected chi connectivity index (χ3v) is 6.43. The number of nitrogens with zero attached hydrogens (tertiary/aromatic N) is 2. The molecule has 1 unspecified atom stereocenters. The van der Waals surface area contributed by atoms with Crippen LogP contribution in [0.4, 0.5) is 11.4 Å². The Morgan fingerprint density at radius 3 is 2.65 bits per heavy atom. The van der Waals surface area contributed by atoms with Crippen molar-refractivity contribution in [3.63, 3.8) is 0 Å². The second-order valence-electron chi connectivity index (χ2n) is 6.67. The van der Waals surface area contributed by atoms with E-state index >= 15 is 0 Å². The van der Waals surface area contributed by atoms with Crippen molar-refractivity contribution in [2.75, 3.05) is 4.31 Å². The standard InChI is InChI=1S/C20H20N2S/c1-14-20(2,3)17-9-5-7-11-19(17)22(23-14)16-12-15-8-4-6-10-18(15)21-13-16/h4-14H,1-3H3. The third kappa shape index (κ3) is 2.31. The van der Waals surface area contributed by atoms with E-state index in [1.165, 1.54) is 16.6 Å². The smallest absolute Gasteiger partial charge is 0.0715 e. The van der Waals surface area contributed by atoms with Crippen LogP contribution in [-0.4, -0.2) is 10.2 Å². The van der Waals surface area contributed by atoms with Crippen LogP contribution in [0.25, 0.3) is 10.9 Å². The molecule has 2 aromatic carbocycles. The lowest BCUT2D eigenvalue weighted by atomic mass is 9.80. The maximum absolute atomic E-state index is 4.64. The predicted molar refractivity (Wildman–Crippen MR) is 100 cm³/mol. The summed E-state index contributed by atoms with van der Waals surface area (Å²) in [6, 6.07) is 19.2. The van der Waals surface area contributed by atoms with Crippen LogP contribution in [0.1, 0.15) is 26.3 Å². The summed E-state index contributed by atoms with van der Waals surface area (Å²) in [5.41, 5.74) is 5.02. The van der Waals surface area contributed by atoms with Crippen molar-refractivity contribution < 1.29 is 0 Å². The van der Waals surface area contributed by atoms with Crippen molar-refractivity contribution in [1.82, 2.24) is 4.98 Å². The number of anilines is 2. The van der Waals surface area contributed by atoms with Crippen LogP contribution in [0.15, 0.2) is 60.8 Å². The number of hydrogen-bond donors (Lipinski definition) is 0. The molecule has 23 heavy (non-hydrogen) atoms. The van der Waals surface area contributed by atoms with E-state index in [-0.39, 0.29) is 5.41 Å². The van der Waals surface area contributed by atoms with E-state index in [1.54, 1.807) is 0 Å². The zero-order valence-electron chi connectivity index (χ0n) is 13.7. The molecular formula is C20H20N2S. The van der Waals surface area contributed by atoms with Crippen molar-refractivity contribution in [1.29, 1.82) is 0 Å². The first-order valence-corrected chi connectivity index (χ1v) is 8.82. The minimum atomic E-state index is 0.155. The molecule has 0 bridgehead atoms. The molecule has 1 aromatic heterocycles. The Balaban J connectivity index is 1.87. The van der Waals surface area contributed by atoms with Crippen molar-refractivity contribution in [3.8, 4) is 0 Å². The van der Waals surface area contributed by atoms with Crippen molar-refractivity contribution in [2.24, 2.45) is 0 Å². The summed E-state index contributed by atoms with van der Waals surface area (Å²) >= 11 is 1.89. The van der Waals surface area contributed by atoms with Gasteiger partial charge in [0.25, 0.3) is 0 Å². The topological polar surface area (TPSA) is 16.1 Å². The molecule has 0 saturated heterocycles. The lowest BCUT2D eigenvalue weighted by Gasteiger charge is -2.43. The number of para-hydroxylation sites is 2. The van der Waals surface area contributed by atoms with E-state index in [4.69, 9.17) is 0 Å². The Labute approximate surface area is 141 Å². The largest absolute Gasteiger partial charge is 0.282 e. The SMILES string of the molecule is CC1SN(c2cnc3ccccc3c2)c2ccccc2C1(C)C. The van der Waals surface area contributed by atoms with Gasteiger partial charge in [0.1, 0.15) is 0 Å². The molecule has 116 valence electrons. The van der Waals surface area contributed by atoms with Crippen molar-refractivity contribution in [3.05, 3.63) is 66.4 Å². The van der Waals surface area contributed by atoms with Gasteiger partial charge in [0, 0.05) is 16.1 Å². The minimum Gasteiger partial charge on any atom is -0.282 e. The maximum atomic E-state index is 4.64. The third-order valence-electron chi connectivity index (χ3n) is 4.91. The fourth-order valence-electron chi connectivity index (χ4n) is 3.13. The van der Waals surface area contributed by atoms with Gasteiger partial charge in [0.15, 0.2) is 0 Å². The highest BCUT2D eigenvalue weighted by atomic mass is 32.2. The van der Waals surface area contributed by atoms with Gasteiger partial charge in [-0.1, -0.05) is 57.2 Å². The molecule has 0 saturated carbocycles. The van der Waals surface area contributed by atoms with Gasteiger partial charge >= 0.3 is 0 Å². The number of aromatic nitrogens is 1. The lowest BCUT2D eigenvalue weighted by molar-refractivity contribution is 0.516. The number of fused-ring (bicyclic) bond motifs is 2. The minimum absolute atomic E-state index is 0.155. The van der Waals surface area contributed by atoms with Crippen LogP contribution in [-0.2, 0) is 5.41 Å². The van der Waals surface area contributed by atoms with Crippen LogP contribution in [0.2, 0.25) is 0 Å². The predicted octanol–water partition coefficient (Wildman–Crippen LogP) is 5.70. The number of benzene rings is 2. The summed E-state index contributed by atoms with van der Waals surface area (Å²) in [5, 5.41) is 1.67. The highest BCUT2D eigenvalue weighted by Crippen LogP contribution is 2.50. The van der Waals surface area contributed by atoms with E-state index in [2.05, 4.69) is 78.6 Å². The number of hydrogen-bond acceptors (Lipinski definition) is 3. The Morgan fingerprint density at radius 1 is 1.04 bits per heavy atom.